The van der Waals surface area contributed by atoms with Crippen LogP contribution >= 0.6 is 24.0 Å². The molecule has 1 saturated heterocycles. The lowest BCUT2D eigenvalue weighted by molar-refractivity contribution is 0.0925. The molecule has 8 heteroatoms. The molecule has 2 aromatic heterocycles. The lowest BCUT2D eigenvalue weighted by Crippen LogP contribution is -2.45. The molecule has 1 aromatic carbocycles. The minimum Gasteiger partial charge on any atom is -0.463 e. The van der Waals surface area contributed by atoms with E-state index in [1.807, 2.05) is 24.3 Å². The average molecular weight is 407 g/mol. The number of nitrogens with zero attached hydrogens (tertiary/aromatic N) is 2. The van der Waals surface area contributed by atoms with Crippen molar-refractivity contribution in [2.75, 3.05) is 13.1 Å². The van der Waals surface area contributed by atoms with E-state index in [1.165, 1.54) is 0 Å². The van der Waals surface area contributed by atoms with Gasteiger partial charge < -0.3 is 15.1 Å². The van der Waals surface area contributed by atoms with E-state index in [1.54, 1.807) is 29.1 Å². The minimum atomic E-state index is -0.181. The highest BCUT2D eigenvalue weighted by atomic mass is 35.5. The summed E-state index contributed by atoms with van der Waals surface area (Å²) in [7, 11) is 0. The van der Waals surface area contributed by atoms with Crippen LogP contribution in [0.25, 0.3) is 17.1 Å². The molecule has 1 fully saturated rings. The van der Waals surface area contributed by atoms with Gasteiger partial charge in [0.15, 0.2) is 11.5 Å². The Bertz CT molecular complexity index is 885. The first-order valence-corrected chi connectivity index (χ1v) is 9.00. The van der Waals surface area contributed by atoms with Crippen LogP contribution in [0.1, 0.15) is 23.3 Å². The molecule has 142 valence electrons. The van der Waals surface area contributed by atoms with Gasteiger partial charge in [-0.1, -0.05) is 11.6 Å². The monoisotopic (exact) mass is 406 g/mol. The number of rotatable bonds is 4. The van der Waals surface area contributed by atoms with Crippen molar-refractivity contribution in [2.45, 2.75) is 18.9 Å². The summed E-state index contributed by atoms with van der Waals surface area (Å²) < 4.78 is 7.22. The van der Waals surface area contributed by atoms with E-state index in [9.17, 15) is 4.79 Å². The summed E-state index contributed by atoms with van der Waals surface area (Å²) in [5.41, 5.74) is 1.88. The third kappa shape index (κ3) is 4.35. The summed E-state index contributed by atoms with van der Waals surface area (Å²) in [5.74, 6) is 0.463. The van der Waals surface area contributed by atoms with Crippen molar-refractivity contribution in [2.24, 2.45) is 0 Å². The van der Waals surface area contributed by atoms with Gasteiger partial charge in [-0.2, -0.15) is 5.10 Å². The zero-order valence-electron chi connectivity index (χ0n) is 14.5. The number of piperidine rings is 1. The highest BCUT2D eigenvalue weighted by Gasteiger charge is 2.21. The molecule has 1 aliphatic heterocycles. The molecule has 0 aliphatic carbocycles. The third-order valence-electron chi connectivity index (χ3n) is 4.42. The number of furan rings is 1. The van der Waals surface area contributed by atoms with Gasteiger partial charge in [0.25, 0.3) is 5.91 Å². The number of nitrogens with one attached hydrogen (secondary N) is 2. The molecule has 3 heterocycles. The molecule has 3 aromatic rings. The molecule has 0 spiro atoms. The minimum absolute atomic E-state index is 0. The number of carbonyl (C=O) groups excluding carboxylic acids is 1. The van der Waals surface area contributed by atoms with Gasteiger partial charge in [-0.05, 0) is 55.8 Å². The van der Waals surface area contributed by atoms with Crippen LogP contribution in [0.5, 0.6) is 0 Å². The van der Waals surface area contributed by atoms with Crippen molar-refractivity contribution in [3.8, 4) is 17.1 Å². The average Bonchev–Trinajstić information content (AvgIpc) is 3.33. The molecule has 0 saturated carbocycles. The van der Waals surface area contributed by atoms with Crippen molar-refractivity contribution in [1.29, 1.82) is 0 Å². The van der Waals surface area contributed by atoms with Crippen LogP contribution in [-0.2, 0) is 0 Å². The number of amides is 1. The Kier molecular flexibility index (Phi) is 6.21. The van der Waals surface area contributed by atoms with Crippen molar-refractivity contribution >= 4 is 29.9 Å². The van der Waals surface area contributed by atoms with E-state index >= 15 is 0 Å². The lowest BCUT2D eigenvalue weighted by atomic mass is 10.1. The fraction of sp³-hybridized carbons (Fsp3) is 0.263. The number of aromatic nitrogens is 2. The maximum absolute atomic E-state index is 12.7. The van der Waals surface area contributed by atoms with E-state index < -0.39 is 0 Å². The summed E-state index contributed by atoms with van der Waals surface area (Å²) in [6.07, 6.45) is 3.63. The van der Waals surface area contributed by atoms with E-state index in [4.69, 9.17) is 16.0 Å². The van der Waals surface area contributed by atoms with E-state index in [0.717, 1.165) is 31.6 Å². The highest BCUT2D eigenvalue weighted by molar-refractivity contribution is 6.30. The molecule has 0 bridgehead atoms. The topological polar surface area (TPSA) is 72.1 Å². The standard InChI is InChI=1S/C19H19ClN4O2.ClH/c20-13-5-7-15(8-6-13)24-17(18-4-2-10-26-18)11-16(23-24)19(25)22-14-3-1-9-21-12-14;/h2,4-8,10-11,14,21H,1,3,9,12H2,(H,22,25);1H/t14-;/m0./s1. The van der Waals surface area contributed by atoms with Crippen molar-refractivity contribution in [3.63, 3.8) is 0 Å². The van der Waals surface area contributed by atoms with Crippen molar-refractivity contribution in [3.05, 3.63) is 59.4 Å². The summed E-state index contributed by atoms with van der Waals surface area (Å²) >= 11 is 5.98. The van der Waals surface area contributed by atoms with E-state index in [0.29, 0.717) is 22.2 Å². The van der Waals surface area contributed by atoms with Crippen molar-refractivity contribution in [1.82, 2.24) is 20.4 Å². The first kappa shape index (κ1) is 19.5. The molecule has 0 radical (unpaired) electrons. The SMILES string of the molecule is Cl.O=C(N[C@H]1CCCNC1)c1cc(-c2ccco2)n(-c2ccc(Cl)cc2)n1. The van der Waals surface area contributed by atoms with Gasteiger partial charge in [-0.15, -0.1) is 12.4 Å². The fourth-order valence-corrected chi connectivity index (χ4v) is 3.23. The Morgan fingerprint density at radius 2 is 2.11 bits per heavy atom. The zero-order chi connectivity index (χ0) is 17.9. The second-order valence-corrected chi connectivity index (χ2v) is 6.73. The normalized spacial score (nSPS) is 16.6. The predicted octanol–water partition coefficient (Wildman–Crippen LogP) is 3.69. The van der Waals surface area contributed by atoms with E-state index in [-0.39, 0.29) is 24.4 Å². The number of benzene rings is 1. The maximum Gasteiger partial charge on any atom is 0.272 e. The quantitative estimate of drug-likeness (QED) is 0.692. The van der Waals surface area contributed by atoms with Crippen LogP contribution in [0.15, 0.2) is 53.1 Å². The molecule has 1 amide bonds. The first-order valence-electron chi connectivity index (χ1n) is 8.62. The Morgan fingerprint density at radius 3 is 2.78 bits per heavy atom. The van der Waals surface area contributed by atoms with Crippen LogP contribution in [0.2, 0.25) is 5.02 Å². The summed E-state index contributed by atoms with van der Waals surface area (Å²) in [6, 6.07) is 12.8. The summed E-state index contributed by atoms with van der Waals surface area (Å²) in [6.45, 7) is 1.79. The molecular formula is C19H20Cl2N4O2. The second kappa shape index (κ2) is 8.61. The smallest absolute Gasteiger partial charge is 0.272 e. The second-order valence-electron chi connectivity index (χ2n) is 6.30. The van der Waals surface area contributed by atoms with E-state index in [2.05, 4.69) is 15.7 Å². The van der Waals surface area contributed by atoms with Gasteiger partial charge in [0, 0.05) is 23.7 Å². The largest absolute Gasteiger partial charge is 0.463 e. The fourth-order valence-electron chi connectivity index (χ4n) is 3.11. The molecule has 4 rings (SSSR count). The van der Waals surface area contributed by atoms with Gasteiger partial charge >= 0.3 is 0 Å². The number of halogens is 2. The Hall–Kier alpha value is -2.28. The van der Waals surface area contributed by atoms with Gasteiger partial charge in [-0.25, -0.2) is 4.68 Å². The number of hydrogen-bond donors (Lipinski definition) is 2. The Labute approximate surface area is 168 Å². The Balaban J connectivity index is 0.00000210. The predicted molar refractivity (Wildman–Crippen MR) is 107 cm³/mol. The van der Waals surface area contributed by atoms with Crippen molar-refractivity contribution < 1.29 is 9.21 Å². The van der Waals surface area contributed by atoms with Crippen LogP contribution in [-0.4, -0.2) is 34.8 Å². The number of hydrogen-bond acceptors (Lipinski definition) is 4. The van der Waals surface area contributed by atoms with Crippen LogP contribution in [0, 0.1) is 0 Å². The lowest BCUT2D eigenvalue weighted by Gasteiger charge is -2.23. The molecule has 2 N–H and O–H groups in total. The molecule has 1 aliphatic rings. The first-order chi connectivity index (χ1) is 12.7. The zero-order valence-corrected chi connectivity index (χ0v) is 16.1. The van der Waals surface area contributed by atoms with Gasteiger partial charge in [-0.3, -0.25) is 4.79 Å². The third-order valence-corrected chi connectivity index (χ3v) is 4.67. The molecule has 6 nitrogen and oxygen atoms in total. The van der Waals surface area contributed by atoms with Gasteiger partial charge in [0.2, 0.25) is 0 Å². The molecule has 27 heavy (non-hydrogen) atoms. The van der Waals surface area contributed by atoms with Gasteiger partial charge in [0.05, 0.1) is 12.0 Å². The summed E-state index contributed by atoms with van der Waals surface area (Å²) in [4.78, 5) is 12.7. The molecular weight excluding hydrogens is 387 g/mol. The summed E-state index contributed by atoms with van der Waals surface area (Å²) in [5, 5.41) is 11.5. The van der Waals surface area contributed by atoms with Crippen LogP contribution in [0.3, 0.4) is 0 Å². The molecule has 0 unspecified atom stereocenters. The van der Waals surface area contributed by atoms with Crippen LogP contribution in [0.4, 0.5) is 0 Å². The molecule has 1 atom stereocenters. The Morgan fingerprint density at radius 1 is 1.30 bits per heavy atom. The number of carbonyl (C=O) groups is 1. The van der Waals surface area contributed by atoms with Crippen LogP contribution < -0.4 is 10.6 Å². The highest BCUT2D eigenvalue weighted by Crippen LogP contribution is 2.25. The van der Waals surface area contributed by atoms with Gasteiger partial charge in [0.1, 0.15) is 5.69 Å². The maximum atomic E-state index is 12.7.